The average Bonchev–Trinajstić information content (AvgIpc) is 2.78. The normalized spacial score (nSPS) is 21.4. The minimum absolute atomic E-state index is 0. The molecule has 114 valence electrons. The molecule has 2 aliphatic rings. The highest BCUT2D eigenvalue weighted by Gasteiger charge is 2.29. The summed E-state index contributed by atoms with van der Waals surface area (Å²) >= 11 is 0. The summed E-state index contributed by atoms with van der Waals surface area (Å²) < 4.78 is 1.91. The van der Waals surface area contributed by atoms with Gasteiger partial charge in [-0.25, -0.2) is 9.67 Å². The minimum atomic E-state index is 0. The molecule has 3 heterocycles. The van der Waals surface area contributed by atoms with Gasteiger partial charge >= 0.3 is 0 Å². The van der Waals surface area contributed by atoms with E-state index in [-0.39, 0.29) is 36.8 Å². The van der Waals surface area contributed by atoms with E-state index in [1.165, 1.54) is 6.42 Å². The second-order valence-corrected chi connectivity index (χ2v) is 5.06. The van der Waals surface area contributed by atoms with Gasteiger partial charge in [0.05, 0.1) is 19.1 Å². The maximum atomic E-state index is 12.4. The number of aryl methyl sites for hydroxylation is 1. The molecule has 0 spiro atoms. The van der Waals surface area contributed by atoms with Crippen LogP contribution in [0.5, 0.6) is 0 Å². The maximum absolute atomic E-state index is 12.4. The number of hydrogen-bond acceptors (Lipinski definition) is 4. The number of piperidine rings is 1. The summed E-state index contributed by atoms with van der Waals surface area (Å²) in [4.78, 5) is 18.7. The van der Waals surface area contributed by atoms with Crippen LogP contribution in [-0.4, -0.2) is 44.7 Å². The van der Waals surface area contributed by atoms with Gasteiger partial charge in [-0.05, 0) is 26.3 Å². The van der Waals surface area contributed by atoms with Crippen LogP contribution in [0, 0.1) is 6.92 Å². The zero-order valence-electron chi connectivity index (χ0n) is 11.5. The highest BCUT2D eigenvalue weighted by molar-refractivity contribution is 5.85. The number of carbonyl (C=O) groups is 1. The van der Waals surface area contributed by atoms with Crippen molar-refractivity contribution in [2.45, 2.75) is 45.3 Å². The molecule has 0 aromatic carbocycles. The highest BCUT2D eigenvalue weighted by Crippen LogP contribution is 2.15. The summed E-state index contributed by atoms with van der Waals surface area (Å²) in [6.07, 6.45) is 3.28. The molecule has 0 radical (unpaired) electrons. The van der Waals surface area contributed by atoms with Crippen LogP contribution in [-0.2, 0) is 17.9 Å². The minimum Gasteiger partial charge on any atom is -0.332 e. The van der Waals surface area contributed by atoms with Crippen molar-refractivity contribution in [3.8, 4) is 0 Å². The second-order valence-electron chi connectivity index (χ2n) is 5.06. The molecule has 0 bridgehead atoms. The fraction of sp³-hybridized carbons (Fsp3) is 0.750. The Morgan fingerprint density at radius 2 is 2.10 bits per heavy atom. The van der Waals surface area contributed by atoms with Gasteiger partial charge in [0.15, 0.2) is 0 Å². The number of hydrogen-bond donors (Lipinski definition) is 1. The predicted octanol–water partition coefficient (Wildman–Crippen LogP) is 0.914. The summed E-state index contributed by atoms with van der Waals surface area (Å²) in [5.74, 6) is 1.92. The monoisotopic (exact) mass is 321 g/mol. The number of rotatable bonds is 1. The Morgan fingerprint density at radius 3 is 2.80 bits per heavy atom. The Labute approximate surface area is 131 Å². The van der Waals surface area contributed by atoms with Crippen molar-refractivity contribution in [3.63, 3.8) is 0 Å². The van der Waals surface area contributed by atoms with E-state index in [4.69, 9.17) is 0 Å². The predicted molar refractivity (Wildman–Crippen MR) is 80.3 cm³/mol. The van der Waals surface area contributed by atoms with Crippen LogP contribution in [0.1, 0.15) is 30.9 Å². The number of halogens is 2. The van der Waals surface area contributed by atoms with Crippen LogP contribution in [0.4, 0.5) is 0 Å². The largest absolute Gasteiger partial charge is 0.332 e. The Morgan fingerprint density at radius 1 is 1.30 bits per heavy atom. The molecular weight excluding hydrogens is 301 g/mol. The summed E-state index contributed by atoms with van der Waals surface area (Å²) in [6.45, 7) is 4.94. The van der Waals surface area contributed by atoms with Gasteiger partial charge in [0.2, 0.25) is 5.91 Å². The van der Waals surface area contributed by atoms with Gasteiger partial charge in [-0.2, -0.15) is 5.10 Å². The van der Waals surface area contributed by atoms with Crippen LogP contribution >= 0.6 is 24.8 Å². The topological polar surface area (TPSA) is 63.1 Å². The van der Waals surface area contributed by atoms with Gasteiger partial charge in [0, 0.05) is 6.54 Å². The molecule has 6 nitrogen and oxygen atoms in total. The number of nitrogens with zero attached hydrogens (tertiary/aromatic N) is 4. The van der Waals surface area contributed by atoms with Gasteiger partial charge in [-0.15, -0.1) is 24.8 Å². The first-order chi connectivity index (χ1) is 8.74. The lowest BCUT2D eigenvalue weighted by molar-refractivity contribution is -0.135. The van der Waals surface area contributed by atoms with E-state index in [1.807, 2.05) is 16.5 Å². The third kappa shape index (κ3) is 3.42. The third-order valence-electron chi connectivity index (χ3n) is 3.69. The third-order valence-corrected chi connectivity index (χ3v) is 3.69. The van der Waals surface area contributed by atoms with E-state index >= 15 is 0 Å². The lowest BCUT2D eigenvalue weighted by Crippen LogP contribution is -2.50. The van der Waals surface area contributed by atoms with E-state index in [2.05, 4.69) is 15.4 Å². The number of nitrogens with one attached hydrogen (secondary N) is 1. The Balaban J connectivity index is 0.000001000. The van der Waals surface area contributed by atoms with Crippen LogP contribution in [0.3, 0.4) is 0 Å². The summed E-state index contributed by atoms with van der Waals surface area (Å²) in [7, 11) is 0. The molecule has 1 fully saturated rings. The molecule has 0 aliphatic carbocycles. The van der Waals surface area contributed by atoms with Gasteiger partial charge in [0.1, 0.15) is 11.6 Å². The van der Waals surface area contributed by atoms with Crippen molar-refractivity contribution in [2.75, 3.05) is 13.1 Å². The zero-order chi connectivity index (χ0) is 12.5. The average molecular weight is 322 g/mol. The molecule has 2 aliphatic heterocycles. The maximum Gasteiger partial charge on any atom is 0.240 e. The number of fused-ring (bicyclic) bond motifs is 1. The first-order valence-corrected chi connectivity index (χ1v) is 6.66. The van der Waals surface area contributed by atoms with Gasteiger partial charge in [-0.1, -0.05) is 6.42 Å². The highest BCUT2D eigenvalue weighted by atomic mass is 35.5. The zero-order valence-corrected chi connectivity index (χ0v) is 13.2. The first-order valence-electron chi connectivity index (χ1n) is 6.66. The van der Waals surface area contributed by atoms with E-state index in [0.717, 1.165) is 44.1 Å². The molecule has 8 heteroatoms. The lowest BCUT2D eigenvalue weighted by Gasteiger charge is -2.32. The fourth-order valence-corrected chi connectivity index (χ4v) is 2.73. The molecule has 1 amide bonds. The van der Waals surface area contributed by atoms with Crippen molar-refractivity contribution in [2.24, 2.45) is 0 Å². The molecule has 0 saturated carbocycles. The Bertz CT molecular complexity index is 459. The molecule has 1 N–H and O–H groups in total. The molecular formula is C12H21Cl2N5O. The molecule has 1 aromatic rings. The molecule has 0 unspecified atom stereocenters. The van der Waals surface area contributed by atoms with Crippen molar-refractivity contribution >= 4 is 30.7 Å². The summed E-state index contributed by atoms with van der Waals surface area (Å²) in [5, 5.41) is 7.62. The first kappa shape index (κ1) is 17.2. The smallest absolute Gasteiger partial charge is 0.240 e. The molecule has 3 rings (SSSR count). The van der Waals surface area contributed by atoms with E-state index in [9.17, 15) is 4.79 Å². The van der Waals surface area contributed by atoms with Gasteiger partial charge < -0.3 is 10.2 Å². The number of amides is 1. The molecule has 1 aromatic heterocycles. The van der Waals surface area contributed by atoms with Crippen molar-refractivity contribution in [1.29, 1.82) is 0 Å². The van der Waals surface area contributed by atoms with Crippen molar-refractivity contribution < 1.29 is 4.79 Å². The fourth-order valence-electron chi connectivity index (χ4n) is 2.73. The summed E-state index contributed by atoms with van der Waals surface area (Å²) in [6, 6.07) is 0.00863. The van der Waals surface area contributed by atoms with Crippen LogP contribution in [0.15, 0.2) is 0 Å². The lowest BCUT2D eigenvalue weighted by atomic mass is 10.0. The SMILES string of the molecule is Cc1nc2n(n1)CCN(C(=O)[C@H]1CCCCN1)C2.Cl.Cl. The van der Waals surface area contributed by atoms with Crippen LogP contribution in [0.2, 0.25) is 0 Å². The van der Waals surface area contributed by atoms with Crippen molar-refractivity contribution in [1.82, 2.24) is 25.0 Å². The Kier molecular flexibility index (Phi) is 6.23. The summed E-state index contributed by atoms with van der Waals surface area (Å²) in [5.41, 5.74) is 0. The van der Waals surface area contributed by atoms with E-state index in [1.54, 1.807) is 0 Å². The number of aromatic nitrogens is 3. The molecule has 20 heavy (non-hydrogen) atoms. The van der Waals surface area contributed by atoms with E-state index in [0.29, 0.717) is 6.54 Å². The molecule has 1 saturated heterocycles. The number of carbonyl (C=O) groups excluding carboxylic acids is 1. The standard InChI is InChI=1S/C12H19N5O.2ClH/c1-9-14-11-8-16(6-7-17(11)15-9)12(18)10-4-2-3-5-13-10;;/h10,13H,2-8H2,1H3;2*1H/t10-;;/m1../s1. The second kappa shape index (κ2) is 7.24. The van der Waals surface area contributed by atoms with Crippen molar-refractivity contribution in [3.05, 3.63) is 11.6 Å². The van der Waals surface area contributed by atoms with E-state index < -0.39 is 0 Å². The van der Waals surface area contributed by atoms with Crippen LogP contribution < -0.4 is 5.32 Å². The quantitative estimate of drug-likeness (QED) is 0.835. The molecule has 1 atom stereocenters. The van der Waals surface area contributed by atoms with Crippen LogP contribution in [0.25, 0.3) is 0 Å². The Hall–Kier alpha value is -0.850. The van der Waals surface area contributed by atoms with Gasteiger partial charge in [0.25, 0.3) is 0 Å². The van der Waals surface area contributed by atoms with Gasteiger partial charge in [-0.3, -0.25) is 4.79 Å².